The van der Waals surface area contributed by atoms with Gasteiger partial charge in [0.15, 0.2) is 0 Å². The van der Waals surface area contributed by atoms with Crippen LogP contribution in [0.1, 0.15) is 23.6 Å². The highest BCUT2D eigenvalue weighted by Crippen LogP contribution is 2.28. The molecule has 2 atom stereocenters. The number of benzene rings is 3. The number of methoxy groups -OCH3 is 1. The fourth-order valence-electron chi connectivity index (χ4n) is 4.08. The SMILES string of the molecule is COCCNc1ccc(C2(C)NN/C(=N\C3N=C(c4ccccc4)c4ccccc4NC3=O)O2)cc1. The summed E-state index contributed by atoms with van der Waals surface area (Å²) in [6, 6.07) is 25.4. The zero-order valence-electron chi connectivity index (χ0n) is 20.1. The molecule has 36 heavy (non-hydrogen) atoms. The number of carbonyl (C=O) groups is 1. The van der Waals surface area contributed by atoms with E-state index in [4.69, 9.17) is 14.5 Å². The molecule has 0 saturated carbocycles. The van der Waals surface area contributed by atoms with Gasteiger partial charge < -0.3 is 20.1 Å². The molecule has 5 rings (SSSR count). The third-order valence-electron chi connectivity index (χ3n) is 5.99. The zero-order valence-corrected chi connectivity index (χ0v) is 20.1. The number of amides is 1. The first-order valence-electron chi connectivity index (χ1n) is 11.7. The molecule has 0 bridgehead atoms. The zero-order chi connectivity index (χ0) is 25.0. The van der Waals surface area contributed by atoms with E-state index in [-0.39, 0.29) is 11.9 Å². The Balaban J connectivity index is 1.39. The smallest absolute Gasteiger partial charge is 0.304 e. The van der Waals surface area contributed by atoms with Crippen LogP contribution in [0.4, 0.5) is 11.4 Å². The van der Waals surface area contributed by atoms with Crippen LogP contribution in [-0.2, 0) is 20.0 Å². The Hall–Kier alpha value is -4.21. The summed E-state index contributed by atoms with van der Waals surface area (Å²) >= 11 is 0. The normalized spacial score (nSPS) is 22.1. The number of nitrogens with one attached hydrogen (secondary N) is 4. The van der Waals surface area contributed by atoms with Crippen molar-refractivity contribution in [3.63, 3.8) is 0 Å². The van der Waals surface area contributed by atoms with Crippen LogP contribution < -0.4 is 21.5 Å². The van der Waals surface area contributed by atoms with Crippen LogP contribution in [0.2, 0.25) is 0 Å². The number of aliphatic imine (C=N–C) groups is 2. The Labute approximate surface area is 209 Å². The lowest BCUT2D eigenvalue weighted by molar-refractivity contribution is -0.117. The average molecular weight is 485 g/mol. The van der Waals surface area contributed by atoms with Gasteiger partial charge in [-0.05, 0) is 25.1 Å². The maximum Gasteiger partial charge on any atom is 0.304 e. The van der Waals surface area contributed by atoms with Gasteiger partial charge in [-0.1, -0.05) is 60.7 Å². The number of amidine groups is 1. The number of para-hydroxylation sites is 1. The highest BCUT2D eigenvalue weighted by Gasteiger charge is 2.37. The van der Waals surface area contributed by atoms with Crippen LogP contribution in [0.5, 0.6) is 0 Å². The molecule has 2 heterocycles. The van der Waals surface area contributed by atoms with Crippen molar-refractivity contribution in [2.45, 2.75) is 18.8 Å². The van der Waals surface area contributed by atoms with Crippen LogP contribution in [-0.4, -0.2) is 44.1 Å². The van der Waals surface area contributed by atoms with Crippen molar-refractivity contribution in [1.82, 2.24) is 10.9 Å². The van der Waals surface area contributed by atoms with E-state index in [1.807, 2.05) is 85.8 Å². The Morgan fingerprint density at radius 1 is 1.06 bits per heavy atom. The molecule has 0 aromatic heterocycles. The van der Waals surface area contributed by atoms with Gasteiger partial charge in [-0.25, -0.2) is 4.99 Å². The van der Waals surface area contributed by atoms with Crippen LogP contribution in [0, 0.1) is 0 Å². The number of hydrazine groups is 1. The van der Waals surface area contributed by atoms with Crippen molar-refractivity contribution in [1.29, 1.82) is 0 Å². The van der Waals surface area contributed by atoms with Crippen molar-refractivity contribution < 1.29 is 14.3 Å². The van der Waals surface area contributed by atoms with Gasteiger partial charge in [0, 0.05) is 36.0 Å². The molecule has 1 fully saturated rings. The van der Waals surface area contributed by atoms with Gasteiger partial charge in [-0.3, -0.25) is 10.2 Å². The maximum atomic E-state index is 13.1. The first-order valence-corrected chi connectivity index (χ1v) is 11.7. The van der Waals surface area contributed by atoms with E-state index in [1.165, 1.54) is 0 Å². The summed E-state index contributed by atoms with van der Waals surface area (Å²) in [5, 5.41) is 6.24. The summed E-state index contributed by atoms with van der Waals surface area (Å²) in [6.07, 6.45) is -1.04. The summed E-state index contributed by atoms with van der Waals surface area (Å²) < 4.78 is 11.2. The predicted molar refractivity (Wildman–Crippen MR) is 140 cm³/mol. The van der Waals surface area contributed by atoms with E-state index >= 15 is 0 Å². The average Bonchev–Trinajstić information content (AvgIpc) is 3.22. The van der Waals surface area contributed by atoms with Gasteiger partial charge in [-0.2, -0.15) is 10.4 Å². The summed E-state index contributed by atoms with van der Waals surface area (Å²) in [4.78, 5) is 22.3. The number of nitrogens with zero attached hydrogens (tertiary/aromatic N) is 2. The number of fused-ring (bicyclic) bond motifs is 1. The fourth-order valence-corrected chi connectivity index (χ4v) is 4.08. The number of benzodiazepines with no additional fused rings is 1. The second kappa shape index (κ2) is 10.2. The standard InChI is InChI=1S/C27H28N6O3/c1-27(19-12-14-20(15-13-19)28-16-17-35-2)33-32-26(36-27)31-24-25(34)29-22-11-7-6-10-21(22)23(30-24)18-8-4-3-5-9-18/h3-15,24,28,33H,16-17H2,1-2H3,(H,29,34)(H,31,32). The van der Waals surface area contributed by atoms with E-state index in [1.54, 1.807) is 7.11 Å². The van der Waals surface area contributed by atoms with Gasteiger partial charge in [0.2, 0.25) is 11.9 Å². The molecule has 0 spiro atoms. The second-order valence-corrected chi connectivity index (χ2v) is 8.57. The summed E-state index contributed by atoms with van der Waals surface area (Å²) in [5.41, 5.74) is 10.2. The fraction of sp³-hybridized carbons (Fsp3) is 0.222. The van der Waals surface area contributed by atoms with E-state index in [0.29, 0.717) is 18.0 Å². The van der Waals surface area contributed by atoms with Crippen molar-refractivity contribution in [2.75, 3.05) is 30.9 Å². The van der Waals surface area contributed by atoms with Crippen molar-refractivity contribution in [2.24, 2.45) is 9.98 Å². The van der Waals surface area contributed by atoms with Crippen LogP contribution in [0.15, 0.2) is 88.8 Å². The molecule has 2 aliphatic rings. The molecule has 3 aromatic rings. The third kappa shape index (κ3) is 4.93. The largest absolute Gasteiger partial charge is 0.437 e. The summed E-state index contributed by atoms with van der Waals surface area (Å²) in [5.74, 6) is -0.341. The number of hydrogen-bond acceptors (Lipinski definition) is 7. The highest BCUT2D eigenvalue weighted by molar-refractivity contribution is 6.19. The molecule has 9 heteroatoms. The number of anilines is 2. The van der Waals surface area contributed by atoms with Crippen LogP contribution in [0.25, 0.3) is 0 Å². The number of ether oxygens (including phenoxy) is 2. The molecular formula is C27H28N6O3. The van der Waals surface area contributed by atoms with Gasteiger partial charge in [0.1, 0.15) is 0 Å². The molecule has 1 amide bonds. The quantitative estimate of drug-likeness (QED) is 0.384. The number of hydrogen-bond donors (Lipinski definition) is 4. The second-order valence-electron chi connectivity index (χ2n) is 8.57. The topological polar surface area (TPSA) is 108 Å². The minimum atomic E-state index is -1.04. The number of rotatable bonds is 7. The molecular weight excluding hydrogens is 456 g/mol. The number of carbonyl (C=O) groups excluding carboxylic acids is 1. The Morgan fingerprint density at radius 2 is 1.81 bits per heavy atom. The van der Waals surface area contributed by atoms with Gasteiger partial charge in [-0.15, -0.1) is 0 Å². The van der Waals surface area contributed by atoms with Gasteiger partial charge in [0.25, 0.3) is 5.91 Å². The van der Waals surface area contributed by atoms with Crippen LogP contribution >= 0.6 is 0 Å². The van der Waals surface area contributed by atoms with Crippen LogP contribution in [0.3, 0.4) is 0 Å². The Bertz CT molecular complexity index is 1290. The van der Waals surface area contributed by atoms with Gasteiger partial charge in [0.05, 0.1) is 18.0 Å². The summed E-state index contributed by atoms with van der Waals surface area (Å²) in [7, 11) is 1.67. The Kier molecular flexibility index (Phi) is 6.66. The lowest BCUT2D eigenvalue weighted by atomic mass is 10.0. The van der Waals surface area contributed by atoms with E-state index < -0.39 is 11.9 Å². The molecule has 1 saturated heterocycles. The Morgan fingerprint density at radius 3 is 2.58 bits per heavy atom. The first-order chi connectivity index (χ1) is 17.6. The molecule has 2 unspecified atom stereocenters. The van der Waals surface area contributed by atoms with E-state index in [2.05, 4.69) is 26.5 Å². The van der Waals surface area contributed by atoms with Crippen molar-refractivity contribution in [3.05, 3.63) is 95.6 Å². The lowest BCUT2D eigenvalue weighted by Gasteiger charge is -2.22. The summed E-state index contributed by atoms with van der Waals surface area (Å²) in [6.45, 7) is 3.23. The molecule has 3 aromatic carbocycles. The molecule has 4 N–H and O–H groups in total. The minimum Gasteiger partial charge on any atom is -0.437 e. The van der Waals surface area contributed by atoms with E-state index in [9.17, 15) is 4.79 Å². The molecule has 0 aliphatic carbocycles. The van der Waals surface area contributed by atoms with Crippen molar-refractivity contribution >= 4 is 29.0 Å². The predicted octanol–water partition coefficient (Wildman–Crippen LogP) is 3.21. The third-order valence-corrected chi connectivity index (χ3v) is 5.99. The molecule has 9 nitrogen and oxygen atoms in total. The molecule has 184 valence electrons. The first kappa shape index (κ1) is 23.5. The van der Waals surface area contributed by atoms with Crippen molar-refractivity contribution in [3.8, 4) is 0 Å². The molecule has 0 radical (unpaired) electrons. The van der Waals surface area contributed by atoms with E-state index in [0.717, 1.165) is 28.9 Å². The van der Waals surface area contributed by atoms with Gasteiger partial charge >= 0.3 is 6.02 Å². The molecule has 2 aliphatic heterocycles. The monoisotopic (exact) mass is 484 g/mol. The lowest BCUT2D eigenvalue weighted by Crippen LogP contribution is -2.39. The minimum absolute atomic E-state index is 0.182. The maximum absolute atomic E-state index is 13.1. The highest BCUT2D eigenvalue weighted by atomic mass is 16.6.